The normalized spacial score (nSPS) is 29.6. The summed E-state index contributed by atoms with van der Waals surface area (Å²) in [6.07, 6.45) is -0.139. The lowest BCUT2D eigenvalue weighted by atomic mass is 9.45. The molecule has 1 fully saturated rings. The highest BCUT2D eigenvalue weighted by atomic mass is 16.5. The van der Waals surface area contributed by atoms with Crippen molar-refractivity contribution in [1.29, 1.82) is 0 Å². The van der Waals surface area contributed by atoms with Crippen molar-refractivity contribution >= 4 is 5.91 Å². The number of amides is 1. The molecule has 7 rings (SSSR count). The SMILES string of the molecule is CO[C@H](C)C12c3ccccc3C(c3ccccc31)[C@@H]1[C@H]2C(=O)N(C)[C@H]1c1c(C)cc(C)cc1C. The van der Waals surface area contributed by atoms with E-state index < -0.39 is 5.41 Å². The summed E-state index contributed by atoms with van der Waals surface area (Å²) in [5.74, 6) is 0.418. The molecular formula is C31H33NO2. The van der Waals surface area contributed by atoms with Gasteiger partial charge in [0.1, 0.15) is 0 Å². The summed E-state index contributed by atoms with van der Waals surface area (Å²) in [6, 6.07) is 22.2. The van der Waals surface area contributed by atoms with E-state index in [4.69, 9.17) is 4.74 Å². The maximum atomic E-state index is 14.3. The summed E-state index contributed by atoms with van der Waals surface area (Å²) in [5.41, 5.74) is 9.91. The van der Waals surface area contributed by atoms with Gasteiger partial charge in [-0.25, -0.2) is 0 Å². The number of ether oxygens (including phenoxy) is 1. The molecule has 34 heavy (non-hydrogen) atoms. The van der Waals surface area contributed by atoms with Crippen LogP contribution in [0.1, 0.15) is 63.4 Å². The second-order valence-electron chi connectivity index (χ2n) is 10.7. The number of hydrogen-bond donors (Lipinski definition) is 0. The summed E-state index contributed by atoms with van der Waals surface area (Å²) in [5, 5.41) is 0. The zero-order valence-corrected chi connectivity index (χ0v) is 20.9. The highest BCUT2D eigenvalue weighted by molar-refractivity contribution is 5.88. The summed E-state index contributed by atoms with van der Waals surface area (Å²) in [6.45, 7) is 8.72. The van der Waals surface area contributed by atoms with E-state index in [1.165, 1.54) is 44.5 Å². The van der Waals surface area contributed by atoms with Gasteiger partial charge in [0, 0.05) is 26.0 Å². The van der Waals surface area contributed by atoms with Crippen molar-refractivity contribution in [3.63, 3.8) is 0 Å². The molecule has 174 valence electrons. The Balaban J connectivity index is 1.71. The molecule has 3 aliphatic carbocycles. The lowest BCUT2D eigenvalue weighted by Gasteiger charge is -2.57. The molecule has 0 saturated carbocycles. The summed E-state index contributed by atoms with van der Waals surface area (Å²) < 4.78 is 6.15. The minimum absolute atomic E-state index is 0.0354. The van der Waals surface area contributed by atoms with Crippen molar-refractivity contribution in [3.05, 3.63) is 105 Å². The Hall–Kier alpha value is -2.91. The van der Waals surface area contributed by atoms with Crippen LogP contribution in [0.25, 0.3) is 0 Å². The fraction of sp³-hybridized carbons (Fsp3) is 0.387. The van der Waals surface area contributed by atoms with E-state index in [2.05, 4.69) is 93.3 Å². The molecule has 3 aromatic carbocycles. The van der Waals surface area contributed by atoms with Gasteiger partial charge in [0.2, 0.25) is 5.91 Å². The number of methoxy groups -OCH3 is 1. The Morgan fingerprint density at radius 1 is 0.912 bits per heavy atom. The molecule has 3 nitrogen and oxygen atoms in total. The van der Waals surface area contributed by atoms with Crippen LogP contribution in [0, 0.1) is 32.6 Å². The van der Waals surface area contributed by atoms with Gasteiger partial charge in [-0.05, 0) is 66.6 Å². The number of rotatable bonds is 3. The van der Waals surface area contributed by atoms with E-state index in [9.17, 15) is 4.79 Å². The van der Waals surface area contributed by atoms with Gasteiger partial charge in [0.05, 0.1) is 23.5 Å². The number of aryl methyl sites for hydroxylation is 3. The van der Waals surface area contributed by atoms with Gasteiger partial charge < -0.3 is 9.64 Å². The largest absolute Gasteiger partial charge is 0.380 e. The Morgan fingerprint density at radius 2 is 1.44 bits per heavy atom. The van der Waals surface area contributed by atoms with Gasteiger partial charge in [-0.1, -0.05) is 66.2 Å². The van der Waals surface area contributed by atoms with Crippen molar-refractivity contribution < 1.29 is 9.53 Å². The van der Waals surface area contributed by atoms with Crippen LogP contribution in [0.3, 0.4) is 0 Å². The molecule has 3 aromatic rings. The smallest absolute Gasteiger partial charge is 0.227 e. The molecule has 3 heteroatoms. The minimum Gasteiger partial charge on any atom is -0.380 e. The zero-order chi connectivity index (χ0) is 23.9. The quantitative estimate of drug-likeness (QED) is 0.501. The van der Waals surface area contributed by atoms with Crippen LogP contribution in [-0.2, 0) is 14.9 Å². The average molecular weight is 452 g/mol. The monoisotopic (exact) mass is 451 g/mol. The van der Waals surface area contributed by atoms with Gasteiger partial charge >= 0.3 is 0 Å². The Bertz CT molecular complexity index is 1250. The average Bonchev–Trinajstić information content (AvgIpc) is 3.09. The third kappa shape index (κ3) is 2.43. The third-order valence-electron chi connectivity index (χ3n) is 9.17. The molecule has 1 heterocycles. The third-order valence-corrected chi connectivity index (χ3v) is 9.17. The second-order valence-corrected chi connectivity index (χ2v) is 10.7. The number of hydrogen-bond acceptors (Lipinski definition) is 2. The van der Waals surface area contributed by atoms with Crippen molar-refractivity contribution in [2.45, 2.75) is 51.2 Å². The van der Waals surface area contributed by atoms with Crippen LogP contribution in [0.4, 0.5) is 0 Å². The highest BCUT2D eigenvalue weighted by Gasteiger charge is 2.69. The van der Waals surface area contributed by atoms with Crippen LogP contribution in [0.15, 0.2) is 60.7 Å². The van der Waals surface area contributed by atoms with E-state index in [1.807, 2.05) is 7.05 Å². The lowest BCUT2D eigenvalue weighted by molar-refractivity contribution is -0.135. The van der Waals surface area contributed by atoms with Crippen molar-refractivity contribution in [2.75, 3.05) is 14.2 Å². The van der Waals surface area contributed by atoms with Gasteiger partial charge in [0.25, 0.3) is 0 Å². The molecule has 1 saturated heterocycles. The minimum atomic E-state index is -0.506. The molecule has 0 aromatic heterocycles. The van der Waals surface area contributed by atoms with Crippen LogP contribution >= 0.6 is 0 Å². The van der Waals surface area contributed by atoms with E-state index in [1.54, 1.807) is 7.11 Å². The molecule has 0 spiro atoms. The standard InChI is InChI=1S/C31H33NO2/c1-17-15-18(2)25(19(3)16-17)29-27-26-21-11-7-9-13-23(21)31(20(4)34-6,28(27)30(33)32(29)5)24-14-10-8-12-22(24)26/h7-16,20,26-29H,1-6H3/t20-,26?,27-,28+,29+,31?/m1/s1. The van der Waals surface area contributed by atoms with Gasteiger partial charge in [0.15, 0.2) is 0 Å². The summed E-state index contributed by atoms with van der Waals surface area (Å²) >= 11 is 0. The zero-order valence-electron chi connectivity index (χ0n) is 20.9. The van der Waals surface area contributed by atoms with Gasteiger partial charge in [-0.15, -0.1) is 0 Å². The maximum Gasteiger partial charge on any atom is 0.227 e. The van der Waals surface area contributed by atoms with Crippen molar-refractivity contribution in [2.24, 2.45) is 11.8 Å². The first kappa shape index (κ1) is 21.6. The number of nitrogens with zero attached hydrogens (tertiary/aromatic N) is 1. The Morgan fingerprint density at radius 3 is 1.97 bits per heavy atom. The van der Waals surface area contributed by atoms with Gasteiger partial charge in [-0.2, -0.15) is 0 Å². The fourth-order valence-corrected chi connectivity index (χ4v) is 8.11. The number of likely N-dealkylation sites (tertiary alicyclic amines) is 1. The van der Waals surface area contributed by atoms with Crippen LogP contribution in [0.2, 0.25) is 0 Å². The number of carbonyl (C=O) groups is 1. The predicted octanol–water partition coefficient (Wildman–Crippen LogP) is 5.84. The fourth-order valence-electron chi connectivity index (χ4n) is 8.11. The second kappa shape index (κ2) is 7.29. The molecule has 0 unspecified atom stereocenters. The summed E-state index contributed by atoms with van der Waals surface area (Å²) in [7, 11) is 3.80. The number of benzene rings is 3. The first-order chi connectivity index (χ1) is 16.3. The van der Waals surface area contributed by atoms with E-state index in [0.29, 0.717) is 0 Å². The van der Waals surface area contributed by atoms with E-state index >= 15 is 0 Å². The van der Waals surface area contributed by atoms with Crippen LogP contribution in [-0.4, -0.2) is 31.1 Å². The topological polar surface area (TPSA) is 29.5 Å². The lowest BCUT2D eigenvalue weighted by Crippen LogP contribution is -2.58. The molecule has 2 bridgehead atoms. The summed E-state index contributed by atoms with van der Waals surface area (Å²) in [4.78, 5) is 16.4. The first-order valence-corrected chi connectivity index (χ1v) is 12.4. The molecule has 0 radical (unpaired) electrons. The van der Waals surface area contributed by atoms with Crippen LogP contribution in [0.5, 0.6) is 0 Å². The van der Waals surface area contributed by atoms with Crippen LogP contribution < -0.4 is 0 Å². The molecule has 1 amide bonds. The highest BCUT2D eigenvalue weighted by Crippen LogP contribution is 2.68. The van der Waals surface area contributed by atoms with E-state index in [-0.39, 0.29) is 35.8 Å². The Kier molecular flexibility index (Phi) is 4.64. The van der Waals surface area contributed by atoms with E-state index in [0.717, 1.165) is 0 Å². The maximum absolute atomic E-state index is 14.3. The van der Waals surface area contributed by atoms with Crippen molar-refractivity contribution in [3.8, 4) is 0 Å². The molecular weight excluding hydrogens is 418 g/mol. The van der Waals surface area contributed by atoms with Crippen molar-refractivity contribution in [1.82, 2.24) is 4.90 Å². The molecule has 1 aliphatic heterocycles. The Labute approximate surface area is 202 Å². The van der Waals surface area contributed by atoms with Gasteiger partial charge in [-0.3, -0.25) is 4.79 Å². The molecule has 4 aliphatic rings. The number of carbonyl (C=O) groups excluding carboxylic acids is 1. The molecule has 0 N–H and O–H groups in total. The predicted molar refractivity (Wildman–Crippen MR) is 135 cm³/mol. The first-order valence-electron chi connectivity index (χ1n) is 12.4. The molecule has 4 atom stereocenters.